The predicted octanol–water partition coefficient (Wildman–Crippen LogP) is 2.19. The molecule has 90 valence electrons. The van der Waals surface area contributed by atoms with Gasteiger partial charge in [-0.1, -0.05) is 0 Å². The van der Waals surface area contributed by atoms with Gasteiger partial charge in [-0.05, 0) is 26.3 Å². The molecular formula is C11H13N3O2S. The van der Waals surface area contributed by atoms with Crippen molar-refractivity contribution in [2.45, 2.75) is 26.8 Å². The van der Waals surface area contributed by atoms with Crippen molar-refractivity contribution in [2.75, 3.05) is 5.32 Å². The third kappa shape index (κ3) is 2.08. The average Bonchev–Trinajstić information content (AvgIpc) is 2.56. The minimum Gasteiger partial charge on any atom is -0.480 e. The van der Waals surface area contributed by atoms with Crippen LogP contribution in [0.5, 0.6) is 0 Å². The Morgan fingerprint density at radius 1 is 1.47 bits per heavy atom. The van der Waals surface area contributed by atoms with E-state index in [4.69, 9.17) is 5.11 Å². The Labute approximate surface area is 103 Å². The summed E-state index contributed by atoms with van der Waals surface area (Å²) in [5.74, 6) is -0.312. The molecule has 0 fully saturated rings. The van der Waals surface area contributed by atoms with E-state index < -0.39 is 12.0 Å². The van der Waals surface area contributed by atoms with Crippen LogP contribution in [0.15, 0.2) is 6.33 Å². The number of aliphatic carboxylic acids is 1. The molecule has 5 nitrogen and oxygen atoms in total. The number of carboxylic acids is 1. The molecule has 0 aromatic carbocycles. The lowest BCUT2D eigenvalue weighted by Crippen LogP contribution is -2.26. The average molecular weight is 251 g/mol. The summed E-state index contributed by atoms with van der Waals surface area (Å²) in [5, 5.41) is 12.7. The summed E-state index contributed by atoms with van der Waals surface area (Å²) in [6, 6.07) is -0.673. The number of nitrogens with one attached hydrogen (secondary N) is 1. The number of hydrogen-bond donors (Lipinski definition) is 2. The summed E-state index contributed by atoms with van der Waals surface area (Å²) in [4.78, 5) is 21.2. The molecular weight excluding hydrogens is 238 g/mol. The third-order valence-corrected chi connectivity index (χ3v) is 3.80. The van der Waals surface area contributed by atoms with Crippen LogP contribution in [0.1, 0.15) is 17.4 Å². The Balaban J connectivity index is 2.50. The normalized spacial score (nSPS) is 12.6. The topological polar surface area (TPSA) is 75.1 Å². The van der Waals surface area contributed by atoms with Crippen LogP contribution in [0, 0.1) is 13.8 Å². The fourth-order valence-electron chi connectivity index (χ4n) is 1.56. The van der Waals surface area contributed by atoms with Crippen molar-refractivity contribution in [3.63, 3.8) is 0 Å². The third-order valence-electron chi connectivity index (χ3n) is 2.69. The van der Waals surface area contributed by atoms with E-state index in [-0.39, 0.29) is 0 Å². The Bertz CT molecular complexity index is 579. The zero-order valence-corrected chi connectivity index (χ0v) is 10.6. The van der Waals surface area contributed by atoms with E-state index in [0.717, 1.165) is 15.8 Å². The van der Waals surface area contributed by atoms with E-state index >= 15 is 0 Å². The number of anilines is 1. The molecule has 2 rings (SSSR count). The Morgan fingerprint density at radius 2 is 2.18 bits per heavy atom. The first-order valence-electron chi connectivity index (χ1n) is 5.20. The summed E-state index contributed by atoms with van der Waals surface area (Å²) < 4.78 is 0. The lowest BCUT2D eigenvalue weighted by atomic mass is 10.2. The molecule has 2 heterocycles. The van der Waals surface area contributed by atoms with Gasteiger partial charge in [-0.15, -0.1) is 11.3 Å². The quantitative estimate of drug-likeness (QED) is 0.874. The van der Waals surface area contributed by atoms with Crippen LogP contribution < -0.4 is 5.32 Å². The van der Waals surface area contributed by atoms with Crippen molar-refractivity contribution in [1.82, 2.24) is 9.97 Å². The number of rotatable bonds is 3. The minimum atomic E-state index is -0.902. The van der Waals surface area contributed by atoms with Crippen molar-refractivity contribution in [2.24, 2.45) is 0 Å². The van der Waals surface area contributed by atoms with Gasteiger partial charge in [0.2, 0.25) is 0 Å². The van der Waals surface area contributed by atoms with Crippen molar-refractivity contribution >= 4 is 33.3 Å². The highest BCUT2D eigenvalue weighted by atomic mass is 32.1. The van der Waals surface area contributed by atoms with Gasteiger partial charge in [0.05, 0.1) is 5.39 Å². The van der Waals surface area contributed by atoms with Crippen LogP contribution in [0.4, 0.5) is 5.82 Å². The van der Waals surface area contributed by atoms with Gasteiger partial charge < -0.3 is 10.4 Å². The fraction of sp³-hybridized carbons (Fsp3) is 0.364. The second-order valence-electron chi connectivity index (χ2n) is 3.89. The number of fused-ring (bicyclic) bond motifs is 1. The molecule has 2 aromatic heterocycles. The largest absolute Gasteiger partial charge is 0.480 e. The predicted molar refractivity (Wildman–Crippen MR) is 67.6 cm³/mol. The number of nitrogens with zero attached hydrogens (tertiary/aromatic N) is 2. The van der Waals surface area contributed by atoms with Gasteiger partial charge in [-0.25, -0.2) is 9.97 Å². The second kappa shape index (κ2) is 4.29. The van der Waals surface area contributed by atoms with Gasteiger partial charge in [0.15, 0.2) is 0 Å². The van der Waals surface area contributed by atoms with Crippen molar-refractivity contribution in [3.8, 4) is 0 Å². The molecule has 1 atom stereocenters. The highest BCUT2D eigenvalue weighted by molar-refractivity contribution is 7.18. The van der Waals surface area contributed by atoms with E-state index in [1.54, 1.807) is 18.3 Å². The van der Waals surface area contributed by atoms with E-state index in [0.29, 0.717) is 5.82 Å². The van der Waals surface area contributed by atoms with Crippen LogP contribution in [0.25, 0.3) is 10.2 Å². The summed E-state index contributed by atoms with van der Waals surface area (Å²) >= 11 is 1.59. The molecule has 0 spiro atoms. The molecule has 0 aliphatic heterocycles. The number of carboxylic acid groups (broad SMARTS) is 1. The second-order valence-corrected chi connectivity index (χ2v) is 5.09. The van der Waals surface area contributed by atoms with E-state index in [1.165, 1.54) is 11.2 Å². The zero-order valence-electron chi connectivity index (χ0n) is 9.81. The maximum Gasteiger partial charge on any atom is 0.325 e. The van der Waals surface area contributed by atoms with Gasteiger partial charge in [-0.2, -0.15) is 0 Å². The Hall–Kier alpha value is -1.69. The highest BCUT2D eigenvalue weighted by Gasteiger charge is 2.16. The van der Waals surface area contributed by atoms with Gasteiger partial charge >= 0.3 is 5.97 Å². The summed E-state index contributed by atoms with van der Waals surface area (Å²) in [7, 11) is 0. The van der Waals surface area contributed by atoms with Gasteiger partial charge in [0.1, 0.15) is 23.0 Å². The number of carbonyl (C=O) groups is 1. The summed E-state index contributed by atoms with van der Waals surface area (Å²) in [6.07, 6.45) is 1.45. The van der Waals surface area contributed by atoms with Crippen LogP contribution >= 0.6 is 11.3 Å². The zero-order chi connectivity index (χ0) is 12.6. The van der Waals surface area contributed by atoms with Gasteiger partial charge in [0.25, 0.3) is 0 Å². The van der Waals surface area contributed by atoms with Crippen LogP contribution in [-0.4, -0.2) is 27.1 Å². The SMILES string of the molecule is Cc1sc2ncnc(N[C@H](C)C(=O)O)c2c1C. The maximum absolute atomic E-state index is 10.8. The molecule has 0 aliphatic rings. The monoisotopic (exact) mass is 251 g/mol. The van der Waals surface area contributed by atoms with Crippen molar-refractivity contribution < 1.29 is 9.90 Å². The van der Waals surface area contributed by atoms with Crippen molar-refractivity contribution in [1.29, 1.82) is 0 Å². The minimum absolute atomic E-state index is 0.590. The van der Waals surface area contributed by atoms with Crippen molar-refractivity contribution in [3.05, 3.63) is 16.8 Å². The highest BCUT2D eigenvalue weighted by Crippen LogP contribution is 2.32. The lowest BCUT2D eigenvalue weighted by molar-refractivity contribution is -0.137. The molecule has 0 bridgehead atoms. The maximum atomic E-state index is 10.8. The molecule has 0 saturated heterocycles. The van der Waals surface area contributed by atoms with Crippen LogP contribution in [-0.2, 0) is 4.79 Å². The molecule has 0 aliphatic carbocycles. The molecule has 6 heteroatoms. The standard InChI is InChI=1S/C11H13N3O2S/c1-5-7(3)17-10-8(5)9(12-4-13-10)14-6(2)11(15)16/h4,6H,1-3H3,(H,15,16)(H,12,13,14)/t6-/m1/s1. The number of aromatic nitrogens is 2. The van der Waals surface area contributed by atoms with Gasteiger partial charge in [-0.3, -0.25) is 4.79 Å². The molecule has 2 N–H and O–H groups in total. The smallest absolute Gasteiger partial charge is 0.325 e. The number of thiophene rings is 1. The first kappa shape index (κ1) is 11.8. The molecule has 0 radical (unpaired) electrons. The van der Waals surface area contributed by atoms with Gasteiger partial charge in [0, 0.05) is 4.88 Å². The summed E-state index contributed by atoms with van der Waals surface area (Å²) in [5.41, 5.74) is 1.10. The number of aryl methyl sites for hydroxylation is 2. The molecule has 17 heavy (non-hydrogen) atoms. The Morgan fingerprint density at radius 3 is 2.82 bits per heavy atom. The molecule has 0 amide bonds. The van der Waals surface area contributed by atoms with E-state index in [9.17, 15) is 4.79 Å². The van der Waals surface area contributed by atoms with Crippen LogP contribution in [0.3, 0.4) is 0 Å². The molecule has 0 saturated carbocycles. The molecule has 0 unspecified atom stereocenters. The first-order valence-corrected chi connectivity index (χ1v) is 6.02. The lowest BCUT2D eigenvalue weighted by Gasteiger charge is -2.10. The Kier molecular flexibility index (Phi) is 2.97. The first-order chi connectivity index (χ1) is 8.00. The van der Waals surface area contributed by atoms with E-state index in [1.807, 2.05) is 13.8 Å². The summed E-state index contributed by atoms with van der Waals surface area (Å²) in [6.45, 7) is 5.60. The number of hydrogen-bond acceptors (Lipinski definition) is 5. The van der Waals surface area contributed by atoms with E-state index in [2.05, 4.69) is 15.3 Å². The fourth-order valence-corrected chi connectivity index (χ4v) is 2.56. The van der Waals surface area contributed by atoms with Crippen LogP contribution in [0.2, 0.25) is 0 Å². The molecule has 2 aromatic rings.